The van der Waals surface area contributed by atoms with Gasteiger partial charge in [-0.3, -0.25) is 0 Å². The lowest BCUT2D eigenvalue weighted by Crippen LogP contribution is -2.27. The predicted octanol–water partition coefficient (Wildman–Crippen LogP) is 2.04. The fourth-order valence-corrected chi connectivity index (χ4v) is 2.11. The van der Waals surface area contributed by atoms with Gasteiger partial charge in [0.25, 0.3) is 0 Å². The molecule has 1 aliphatic heterocycles. The summed E-state index contributed by atoms with van der Waals surface area (Å²) < 4.78 is 0. The standard InChI is InChI=1S/C14H20N2/c1-13(12-14-6-3-2-4-7-14)16-10-5-8-15-9-11-16/h2-4,6-7,15H,1,5,8-12H2. The molecule has 0 bridgehead atoms. The van der Waals surface area contributed by atoms with Gasteiger partial charge in [-0.05, 0) is 18.5 Å². The maximum Gasteiger partial charge on any atom is 0.0300 e. The van der Waals surface area contributed by atoms with Crippen LogP contribution in [0.25, 0.3) is 0 Å². The lowest BCUT2D eigenvalue weighted by Gasteiger charge is -2.24. The zero-order valence-electron chi connectivity index (χ0n) is 9.78. The number of rotatable bonds is 3. The molecule has 0 spiro atoms. The van der Waals surface area contributed by atoms with Gasteiger partial charge in [0.05, 0.1) is 0 Å². The predicted molar refractivity (Wildman–Crippen MR) is 68.3 cm³/mol. The highest BCUT2D eigenvalue weighted by Crippen LogP contribution is 2.11. The first kappa shape index (κ1) is 11.2. The topological polar surface area (TPSA) is 15.3 Å². The average molecular weight is 216 g/mol. The van der Waals surface area contributed by atoms with Crippen molar-refractivity contribution in [3.63, 3.8) is 0 Å². The summed E-state index contributed by atoms with van der Waals surface area (Å²) in [5.74, 6) is 0. The first-order valence-electron chi connectivity index (χ1n) is 6.03. The smallest absolute Gasteiger partial charge is 0.0300 e. The minimum absolute atomic E-state index is 0.973. The Morgan fingerprint density at radius 3 is 2.81 bits per heavy atom. The molecule has 2 nitrogen and oxygen atoms in total. The SMILES string of the molecule is C=C(Cc1ccccc1)N1CCCNCC1. The van der Waals surface area contributed by atoms with Crippen LogP contribution in [-0.4, -0.2) is 31.1 Å². The molecule has 0 aliphatic carbocycles. The van der Waals surface area contributed by atoms with E-state index in [4.69, 9.17) is 0 Å². The fourth-order valence-electron chi connectivity index (χ4n) is 2.11. The summed E-state index contributed by atoms with van der Waals surface area (Å²) in [6.07, 6.45) is 2.19. The number of hydrogen-bond acceptors (Lipinski definition) is 2. The molecule has 1 saturated heterocycles. The highest BCUT2D eigenvalue weighted by Gasteiger charge is 2.10. The van der Waals surface area contributed by atoms with Crippen molar-refractivity contribution in [1.82, 2.24) is 10.2 Å². The number of allylic oxidation sites excluding steroid dienone is 1. The average Bonchev–Trinajstić information content (AvgIpc) is 2.59. The van der Waals surface area contributed by atoms with Crippen LogP contribution in [0.5, 0.6) is 0 Å². The first-order chi connectivity index (χ1) is 7.86. The second-order valence-electron chi connectivity index (χ2n) is 4.32. The Kier molecular flexibility index (Phi) is 4.00. The minimum atomic E-state index is 0.973. The van der Waals surface area contributed by atoms with Gasteiger partial charge in [-0.2, -0.15) is 0 Å². The molecule has 1 aliphatic rings. The minimum Gasteiger partial charge on any atom is -0.374 e. The molecule has 86 valence electrons. The molecule has 0 saturated carbocycles. The van der Waals surface area contributed by atoms with Crippen LogP contribution in [0.2, 0.25) is 0 Å². The van der Waals surface area contributed by atoms with E-state index in [0.717, 1.165) is 32.6 Å². The third kappa shape index (κ3) is 3.11. The van der Waals surface area contributed by atoms with Crippen LogP contribution in [0.4, 0.5) is 0 Å². The molecular weight excluding hydrogens is 196 g/mol. The molecule has 1 aromatic rings. The van der Waals surface area contributed by atoms with Crippen LogP contribution in [-0.2, 0) is 6.42 Å². The highest BCUT2D eigenvalue weighted by atomic mass is 15.2. The maximum atomic E-state index is 4.21. The second kappa shape index (κ2) is 5.71. The van der Waals surface area contributed by atoms with E-state index < -0.39 is 0 Å². The van der Waals surface area contributed by atoms with E-state index in [1.807, 2.05) is 0 Å². The van der Waals surface area contributed by atoms with E-state index in [0.29, 0.717) is 0 Å². The monoisotopic (exact) mass is 216 g/mol. The van der Waals surface area contributed by atoms with Gasteiger partial charge in [0, 0.05) is 31.8 Å². The van der Waals surface area contributed by atoms with Gasteiger partial charge in [-0.25, -0.2) is 0 Å². The van der Waals surface area contributed by atoms with E-state index in [9.17, 15) is 0 Å². The van der Waals surface area contributed by atoms with Crippen LogP contribution in [0, 0.1) is 0 Å². The summed E-state index contributed by atoms with van der Waals surface area (Å²) in [7, 11) is 0. The summed E-state index contributed by atoms with van der Waals surface area (Å²) in [4.78, 5) is 2.41. The van der Waals surface area contributed by atoms with Crippen LogP contribution in [0.1, 0.15) is 12.0 Å². The van der Waals surface area contributed by atoms with Gasteiger partial charge in [0.15, 0.2) is 0 Å². The molecule has 1 heterocycles. The van der Waals surface area contributed by atoms with Gasteiger partial charge in [-0.1, -0.05) is 36.9 Å². The largest absolute Gasteiger partial charge is 0.374 e. The molecule has 0 amide bonds. The van der Waals surface area contributed by atoms with Gasteiger partial charge in [0.2, 0.25) is 0 Å². The molecule has 1 fully saturated rings. The van der Waals surface area contributed by atoms with Gasteiger partial charge in [-0.15, -0.1) is 0 Å². The Morgan fingerprint density at radius 2 is 2.00 bits per heavy atom. The summed E-state index contributed by atoms with van der Waals surface area (Å²) in [5, 5.41) is 3.41. The molecule has 1 aromatic carbocycles. The van der Waals surface area contributed by atoms with Crippen LogP contribution < -0.4 is 5.32 Å². The molecule has 1 N–H and O–H groups in total. The number of hydrogen-bond donors (Lipinski definition) is 1. The van der Waals surface area contributed by atoms with Crippen molar-refractivity contribution in [3.05, 3.63) is 48.2 Å². The Morgan fingerprint density at radius 1 is 1.19 bits per heavy atom. The molecular formula is C14H20N2. The van der Waals surface area contributed by atoms with Crippen molar-refractivity contribution in [3.8, 4) is 0 Å². The first-order valence-corrected chi connectivity index (χ1v) is 6.03. The van der Waals surface area contributed by atoms with Gasteiger partial charge < -0.3 is 10.2 Å². The van der Waals surface area contributed by atoms with Gasteiger partial charge >= 0.3 is 0 Å². The second-order valence-corrected chi connectivity index (χ2v) is 4.32. The Balaban J connectivity index is 1.92. The summed E-state index contributed by atoms with van der Waals surface area (Å²) in [5.41, 5.74) is 2.60. The van der Waals surface area contributed by atoms with Crippen molar-refractivity contribution in [2.24, 2.45) is 0 Å². The van der Waals surface area contributed by atoms with Crippen molar-refractivity contribution in [2.45, 2.75) is 12.8 Å². The normalized spacial score (nSPS) is 16.9. The zero-order valence-corrected chi connectivity index (χ0v) is 9.78. The van der Waals surface area contributed by atoms with Crippen molar-refractivity contribution in [2.75, 3.05) is 26.2 Å². The Hall–Kier alpha value is -1.28. The van der Waals surface area contributed by atoms with Crippen molar-refractivity contribution >= 4 is 0 Å². The number of nitrogens with one attached hydrogen (secondary N) is 1. The van der Waals surface area contributed by atoms with Crippen LogP contribution >= 0.6 is 0 Å². The summed E-state index contributed by atoms with van der Waals surface area (Å²) in [6, 6.07) is 10.6. The number of benzene rings is 1. The Labute approximate surface area is 98.0 Å². The van der Waals surface area contributed by atoms with E-state index in [-0.39, 0.29) is 0 Å². The molecule has 0 atom stereocenters. The van der Waals surface area contributed by atoms with E-state index in [1.165, 1.54) is 17.7 Å². The number of nitrogens with zero attached hydrogens (tertiary/aromatic N) is 1. The highest BCUT2D eigenvalue weighted by molar-refractivity contribution is 5.20. The maximum absolute atomic E-state index is 4.21. The lowest BCUT2D eigenvalue weighted by atomic mass is 10.1. The summed E-state index contributed by atoms with van der Waals surface area (Å²) >= 11 is 0. The molecule has 0 radical (unpaired) electrons. The van der Waals surface area contributed by atoms with Gasteiger partial charge in [0.1, 0.15) is 0 Å². The zero-order chi connectivity index (χ0) is 11.2. The Bertz CT molecular complexity index is 324. The van der Waals surface area contributed by atoms with Crippen molar-refractivity contribution < 1.29 is 0 Å². The fraction of sp³-hybridized carbons (Fsp3) is 0.429. The molecule has 0 aromatic heterocycles. The van der Waals surface area contributed by atoms with E-state index in [2.05, 4.69) is 47.1 Å². The lowest BCUT2D eigenvalue weighted by molar-refractivity contribution is 0.361. The molecule has 2 rings (SSSR count). The van der Waals surface area contributed by atoms with E-state index >= 15 is 0 Å². The van der Waals surface area contributed by atoms with E-state index in [1.54, 1.807) is 0 Å². The molecule has 0 unspecified atom stereocenters. The van der Waals surface area contributed by atoms with Crippen LogP contribution in [0.3, 0.4) is 0 Å². The van der Waals surface area contributed by atoms with Crippen LogP contribution in [0.15, 0.2) is 42.6 Å². The third-order valence-electron chi connectivity index (χ3n) is 3.04. The molecule has 2 heteroatoms. The van der Waals surface area contributed by atoms with Crippen molar-refractivity contribution in [1.29, 1.82) is 0 Å². The molecule has 16 heavy (non-hydrogen) atoms. The third-order valence-corrected chi connectivity index (χ3v) is 3.04. The quantitative estimate of drug-likeness (QED) is 0.832. The summed E-state index contributed by atoms with van der Waals surface area (Å²) in [6.45, 7) is 8.65.